The lowest BCUT2D eigenvalue weighted by molar-refractivity contribution is -0.143. The molecule has 0 radical (unpaired) electrons. The van der Waals surface area contributed by atoms with Crippen molar-refractivity contribution >= 4 is 40.7 Å². The van der Waals surface area contributed by atoms with Gasteiger partial charge in [-0.1, -0.05) is 18.2 Å². The highest BCUT2D eigenvalue weighted by Crippen LogP contribution is 2.23. The minimum Gasteiger partial charge on any atom is -0.465 e. The summed E-state index contributed by atoms with van der Waals surface area (Å²) in [7, 11) is 3.76. The molecule has 34 heavy (non-hydrogen) atoms. The molecule has 0 unspecified atom stereocenters. The number of amides is 3. The number of anilines is 1. The molecule has 4 rings (SSSR count). The second-order valence-corrected chi connectivity index (χ2v) is 8.15. The van der Waals surface area contributed by atoms with Gasteiger partial charge in [0.25, 0.3) is 0 Å². The molecule has 0 bridgehead atoms. The second-order valence-electron chi connectivity index (χ2n) is 8.15. The summed E-state index contributed by atoms with van der Waals surface area (Å²) in [6, 6.07) is 11.6. The van der Waals surface area contributed by atoms with Crippen LogP contribution in [0.4, 0.5) is 10.6 Å². The average Bonchev–Trinajstić information content (AvgIpc) is 3.13. The van der Waals surface area contributed by atoms with Crippen molar-refractivity contribution in [2.45, 2.75) is 20.0 Å². The highest BCUT2D eigenvalue weighted by molar-refractivity contribution is 5.94. The van der Waals surface area contributed by atoms with Crippen molar-refractivity contribution in [1.82, 2.24) is 19.4 Å². The fourth-order valence-electron chi connectivity index (χ4n) is 3.91. The van der Waals surface area contributed by atoms with Crippen LogP contribution in [0.1, 0.15) is 23.7 Å². The van der Waals surface area contributed by atoms with Gasteiger partial charge in [-0.2, -0.15) is 0 Å². The van der Waals surface area contributed by atoms with Gasteiger partial charge in [0.1, 0.15) is 12.4 Å². The number of pyridine rings is 1. The van der Waals surface area contributed by atoms with E-state index in [0.717, 1.165) is 27.7 Å². The number of fused-ring (bicyclic) bond motifs is 2. The molecule has 9 nitrogen and oxygen atoms in total. The third-order valence-corrected chi connectivity index (χ3v) is 5.73. The lowest BCUT2D eigenvalue weighted by atomic mass is 10.1. The molecule has 0 aliphatic carbocycles. The van der Waals surface area contributed by atoms with Gasteiger partial charge in [0.2, 0.25) is 5.91 Å². The van der Waals surface area contributed by atoms with Gasteiger partial charge in [0, 0.05) is 43.1 Å². The van der Waals surface area contributed by atoms with Crippen LogP contribution in [0.3, 0.4) is 0 Å². The zero-order valence-corrected chi connectivity index (χ0v) is 19.4. The molecule has 0 fully saturated rings. The van der Waals surface area contributed by atoms with Crippen molar-refractivity contribution in [1.29, 1.82) is 0 Å². The molecule has 1 aliphatic rings. The summed E-state index contributed by atoms with van der Waals surface area (Å²) < 4.78 is 7.02. The van der Waals surface area contributed by atoms with Gasteiger partial charge in [-0.15, -0.1) is 0 Å². The number of ether oxygens (including phenoxy) is 1. The fraction of sp³-hybridized carbons (Fsp3) is 0.280. The second kappa shape index (κ2) is 9.78. The van der Waals surface area contributed by atoms with Gasteiger partial charge in [0.05, 0.1) is 19.7 Å². The van der Waals surface area contributed by atoms with Crippen LogP contribution < -0.4 is 5.32 Å². The van der Waals surface area contributed by atoms with Gasteiger partial charge in [0.15, 0.2) is 0 Å². The van der Waals surface area contributed by atoms with Crippen LogP contribution in [-0.4, -0.2) is 57.5 Å². The molecule has 0 saturated heterocycles. The number of rotatable bonds is 7. The molecule has 9 heteroatoms. The van der Waals surface area contributed by atoms with Crippen molar-refractivity contribution < 1.29 is 19.1 Å². The molecular formula is C25H27N5O4. The Hall–Kier alpha value is -4.14. The number of aryl methyl sites for hydroxylation is 1. The zero-order valence-electron chi connectivity index (χ0n) is 19.4. The van der Waals surface area contributed by atoms with Crippen molar-refractivity contribution in [3.8, 4) is 0 Å². The topological polar surface area (TPSA) is 96.8 Å². The highest BCUT2D eigenvalue weighted by atomic mass is 16.5. The first-order valence-corrected chi connectivity index (χ1v) is 11.0. The first-order chi connectivity index (χ1) is 16.4. The number of carbonyl (C=O) groups is 3. The smallest absolute Gasteiger partial charge is 0.325 e. The molecule has 2 aromatic heterocycles. The number of urea groups is 1. The molecule has 1 N–H and O–H groups in total. The van der Waals surface area contributed by atoms with Gasteiger partial charge < -0.3 is 19.1 Å². The Labute approximate surface area is 197 Å². The number of nitrogens with zero attached hydrogens (tertiary/aromatic N) is 4. The summed E-state index contributed by atoms with van der Waals surface area (Å²) in [6.45, 7) is 2.53. The van der Waals surface area contributed by atoms with E-state index in [4.69, 9.17) is 4.74 Å². The number of benzene rings is 1. The third kappa shape index (κ3) is 4.93. The first-order valence-electron chi connectivity index (χ1n) is 11.0. The van der Waals surface area contributed by atoms with E-state index >= 15 is 0 Å². The summed E-state index contributed by atoms with van der Waals surface area (Å²) in [5.41, 5.74) is 3.64. The SMILES string of the molecule is CCOC(=O)CN1Cc2cc(/C=C/C(=O)N(C)Cc3cc4ccccc4n3C)cnc2NC1=O. The van der Waals surface area contributed by atoms with E-state index in [-0.39, 0.29) is 25.6 Å². The molecule has 1 aliphatic heterocycles. The van der Waals surface area contributed by atoms with Crippen molar-refractivity contribution in [2.24, 2.45) is 7.05 Å². The van der Waals surface area contributed by atoms with Crippen LogP contribution in [0.2, 0.25) is 0 Å². The van der Waals surface area contributed by atoms with E-state index < -0.39 is 12.0 Å². The zero-order chi connectivity index (χ0) is 24.2. The summed E-state index contributed by atoms with van der Waals surface area (Å²) in [4.78, 5) is 44.0. The Morgan fingerprint density at radius 2 is 2.06 bits per heavy atom. The fourth-order valence-corrected chi connectivity index (χ4v) is 3.91. The number of hydrogen-bond acceptors (Lipinski definition) is 5. The number of para-hydroxylation sites is 1. The standard InChI is InChI=1S/C25H27N5O4/c1-4-34-23(32)16-30-14-19-11-17(13-26-24(19)27-25(30)33)9-10-22(31)28(2)15-20-12-18-7-5-6-8-21(18)29(20)3/h5-13H,4,14-16H2,1-3H3,(H,26,27,33)/b10-9+. The van der Waals surface area contributed by atoms with Gasteiger partial charge in [-0.05, 0) is 42.1 Å². The summed E-state index contributed by atoms with van der Waals surface area (Å²) in [6.07, 6.45) is 4.79. The lowest BCUT2D eigenvalue weighted by Crippen LogP contribution is -2.42. The van der Waals surface area contributed by atoms with Crippen LogP contribution in [0.25, 0.3) is 17.0 Å². The minimum absolute atomic E-state index is 0.139. The normalized spacial score (nSPS) is 13.1. The van der Waals surface area contributed by atoms with E-state index in [0.29, 0.717) is 12.4 Å². The summed E-state index contributed by atoms with van der Waals surface area (Å²) >= 11 is 0. The molecule has 3 heterocycles. The average molecular weight is 462 g/mol. The maximum atomic E-state index is 12.7. The Balaban J connectivity index is 1.42. The quantitative estimate of drug-likeness (QED) is 0.431. The number of hydrogen-bond donors (Lipinski definition) is 1. The van der Waals surface area contributed by atoms with Crippen LogP contribution in [0, 0.1) is 0 Å². The van der Waals surface area contributed by atoms with Crippen LogP contribution in [0.5, 0.6) is 0 Å². The Bertz CT molecular complexity index is 1280. The molecule has 176 valence electrons. The van der Waals surface area contributed by atoms with E-state index in [9.17, 15) is 14.4 Å². The summed E-state index contributed by atoms with van der Waals surface area (Å²) in [5, 5.41) is 3.82. The van der Waals surface area contributed by atoms with E-state index in [1.807, 2.05) is 25.2 Å². The predicted octanol–water partition coefficient (Wildman–Crippen LogP) is 3.16. The van der Waals surface area contributed by atoms with Crippen molar-refractivity contribution in [3.63, 3.8) is 0 Å². The number of esters is 1. The minimum atomic E-state index is -0.468. The Morgan fingerprint density at radius 3 is 2.82 bits per heavy atom. The third-order valence-electron chi connectivity index (χ3n) is 5.73. The van der Waals surface area contributed by atoms with Crippen molar-refractivity contribution in [2.75, 3.05) is 25.5 Å². The maximum Gasteiger partial charge on any atom is 0.325 e. The van der Waals surface area contributed by atoms with Gasteiger partial charge >= 0.3 is 12.0 Å². The largest absolute Gasteiger partial charge is 0.465 e. The van der Waals surface area contributed by atoms with E-state index in [2.05, 4.69) is 33.1 Å². The van der Waals surface area contributed by atoms with Gasteiger partial charge in [-0.3, -0.25) is 14.9 Å². The Kier molecular flexibility index (Phi) is 6.62. The molecule has 0 saturated carbocycles. The molecular weight excluding hydrogens is 434 g/mol. The van der Waals surface area contributed by atoms with Crippen LogP contribution in [0.15, 0.2) is 48.7 Å². The van der Waals surface area contributed by atoms with Crippen LogP contribution >= 0.6 is 0 Å². The lowest BCUT2D eigenvalue weighted by Gasteiger charge is -2.27. The number of carbonyl (C=O) groups excluding carboxylic acids is 3. The molecule has 3 aromatic rings. The maximum absolute atomic E-state index is 12.7. The molecule has 0 spiro atoms. The number of likely N-dealkylation sites (N-methyl/N-ethyl adjacent to an activating group) is 1. The summed E-state index contributed by atoms with van der Waals surface area (Å²) in [5.74, 6) is -0.161. The monoisotopic (exact) mass is 461 g/mol. The van der Waals surface area contributed by atoms with Crippen molar-refractivity contribution in [3.05, 3.63) is 65.5 Å². The molecule has 0 atom stereocenters. The number of aromatic nitrogens is 2. The predicted molar refractivity (Wildman–Crippen MR) is 129 cm³/mol. The molecule has 1 aromatic carbocycles. The molecule has 3 amide bonds. The van der Waals surface area contributed by atoms with Gasteiger partial charge in [-0.25, -0.2) is 9.78 Å². The number of nitrogens with one attached hydrogen (secondary N) is 1. The van der Waals surface area contributed by atoms with Crippen LogP contribution in [-0.2, 0) is 34.5 Å². The van der Waals surface area contributed by atoms with E-state index in [1.165, 1.54) is 11.0 Å². The van der Waals surface area contributed by atoms with E-state index in [1.54, 1.807) is 31.1 Å². The Morgan fingerprint density at radius 1 is 1.26 bits per heavy atom. The highest BCUT2D eigenvalue weighted by Gasteiger charge is 2.25. The first kappa shape index (κ1) is 23.0.